The van der Waals surface area contributed by atoms with Gasteiger partial charge in [0.15, 0.2) is 6.10 Å². The summed E-state index contributed by atoms with van der Waals surface area (Å²) in [6.07, 6.45) is 0.494. The van der Waals surface area contributed by atoms with Crippen molar-refractivity contribution in [2.45, 2.75) is 39.3 Å². The van der Waals surface area contributed by atoms with Crippen molar-refractivity contribution < 1.29 is 17.9 Å². The maximum Gasteiger partial charge on any atom is 0.261 e. The number of hydrogen-bond donors (Lipinski definition) is 1. The lowest BCUT2D eigenvalue weighted by molar-refractivity contribution is -0.128. The molecule has 6 nitrogen and oxygen atoms in total. The summed E-state index contributed by atoms with van der Waals surface area (Å²) < 4.78 is 29.7. The molecule has 0 aliphatic heterocycles. The molecule has 1 aromatic carbocycles. The molecule has 1 atom stereocenters. The molecule has 1 amide bonds. The average Bonchev–Trinajstić information content (AvgIpc) is 2.35. The maximum atomic E-state index is 11.9. The van der Waals surface area contributed by atoms with Crippen LogP contribution in [-0.4, -0.2) is 39.3 Å². The molecule has 0 aliphatic carbocycles. The van der Waals surface area contributed by atoms with Crippen LogP contribution in [0.5, 0.6) is 5.75 Å². The van der Waals surface area contributed by atoms with Gasteiger partial charge in [-0.1, -0.05) is 0 Å². The zero-order valence-corrected chi connectivity index (χ0v) is 14.7. The predicted molar refractivity (Wildman–Crippen MR) is 87.7 cm³/mol. The third-order valence-corrected chi connectivity index (χ3v) is 4.08. The number of carbonyl (C=O) groups is 1. The molecule has 0 bridgehead atoms. The Labute approximate surface area is 132 Å². The molecule has 0 saturated carbocycles. The van der Waals surface area contributed by atoms with E-state index < -0.39 is 16.1 Å². The second-order valence-corrected chi connectivity index (χ2v) is 8.24. The Hall–Kier alpha value is -1.76. The van der Waals surface area contributed by atoms with Crippen molar-refractivity contribution in [3.05, 3.63) is 24.3 Å². The molecule has 0 unspecified atom stereocenters. The number of carbonyl (C=O) groups excluding carboxylic acids is 1. The Morgan fingerprint density at radius 2 is 1.73 bits per heavy atom. The van der Waals surface area contributed by atoms with E-state index in [4.69, 9.17) is 4.74 Å². The Morgan fingerprint density at radius 3 is 2.14 bits per heavy atom. The average molecular weight is 328 g/mol. The van der Waals surface area contributed by atoms with E-state index in [2.05, 4.69) is 5.32 Å². The van der Waals surface area contributed by atoms with Crippen molar-refractivity contribution in [1.82, 2.24) is 5.32 Å². The minimum Gasteiger partial charge on any atom is -0.481 e. The monoisotopic (exact) mass is 328 g/mol. The summed E-state index contributed by atoms with van der Waals surface area (Å²) in [6.45, 7) is 7.35. The molecule has 0 spiro atoms. The number of nitrogens with one attached hydrogen (secondary N) is 1. The number of rotatable bonds is 5. The maximum absolute atomic E-state index is 11.9. The van der Waals surface area contributed by atoms with Crippen LogP contribution in [0, 0.1) is 0 Å². The lowest BCUT2D eigenvalue weighted by Crippen LogP contribution is -2.46. The number of anilines is 1. The zero-order chi connectivity index (χ0) is 17.1. The van der Waals surface area contributed by atoms with Crippen LogP contribution in [0.4, 0.5) is 5.69 Å². The third kappa shape index (κ3) is 5.55. The van der Waals surface area contributed by atoms with Crippen LogP contribution in [0.3, 0.4) is 0 Å². The molecule has 1 aromatic rings. The predicted octanol–water partition coefficient (Wildman–Crippen LogP) is 1.76. The molecule has 0 fully saturated rings. The molecule has 0 radical (unpaired) electrons. The molecule has 22 heavy (non-hydrogen) atoms. The van der Waals surface area contributed by atoms with Gasteiger partial charge in [0.2, 0.25) is 10.0 Å². The Bertz CT molecular complexity index is 618. The smallest absolute Gasteiger partial charge is 0.261 e. The van der Waals surface area contributed by atoms with E-state index in [1.807, 2.05) is 20.8 Å². The number of benzene rings is 1. The molecule has 124 valence electrons. The molecular formula is C15H24N2O4S. The second kappa shape index (κ2) is 6.56. The van der Waals surface area contributed by atoms with Crippen molar-refractivity contribution in [1.29, 1.82) is 0 Å². The van der Waals surface area contributed by atoms with Crippen LogP contribution in [-0.2, 0) is 14.8 Å². The van der Waals surface area contributed by atoms with Gasteiger partial charge in [0.1, 0.15) is 5.75 Å². The van der Waals surface area contributed by atoms with E-state index in [9.17, 15) is 13.2 Å². The Kier molecular flexibility index (Phi) is 5.45. The lowest BCUT2D eigenvalue weighted by atomic mass is 10.1. The van der Waals surface area contributed by atoms with E-state index in [0.29, 0.717) is 11.4 Å². The van der Waals surface area contributed by atoms with Crippen LogP contribution in [0.25, 0.3) is 0 Å². The molecule has 0 aromatic heterocycles. The minimum atomic E-state index is -3.30. The number of sulfonamides is 1. The van der Waals surface area contributed by atoms with E-state index in [1.165, 1.54) is 11.4 Å². The standard InChI is InChI=1S/C15H24N2O4S/c1-11(14(18)16-15(2,3)4)21-13-9-7-12(8-10-13)17(5)22(6,19)20/h7-11H,1-6H3,(H,16,18)/t11-/m1/s1. The van der Waals surface area contributed by atoms with Gasteiger partial charge < -0.3 is 10.1 Å². The first-order valence-electron chi connectivity index (χ1n) is 6.93. The normalized spacial score (nSPS) is 13.4. The van der Waals surface area contributed by atoms with Crippen molar-refractivity contribution in [3.8, 4) is 5.75 Å². The van der Waals surface area contributed by atoms with Crippen LogP contribution in [0.1, 0.15) is 27.7 Å². The first-order valence-corrected chi connectivity index (χ1v) is 8.77. The van der Waals surface area contributed by atoms with Gasteiger partial charge in [0, 0.05) is 12.6 Å². The highest BCUT2D eigenvalue weighted by molar-refractivity contribution is 7.92. The van der Waals surface area contributed by atoms with Crippen molar-refractivity contribution in [3.63, 3.8) is 0 Å². The highest BCUT2D eigenvalue weighted by Gasteiger charge is 2.20. The summed E-state index contributed by atoms with van der Waals surface area (Å²) in [5.74, 6) is 0.298. The summed E-state index contributed by atoms with van der Waals surface area (Å²) >= 11 is 0. The number of nitrogens with zero attached hydrogens (tertiary/aromatic N) is 1. The van der Waals surface area contributed by atoms with E-state index >= 15 is 0 Å². The van der Waals surface area contributed by atoms with E-state index in [1.54, 1.807) is 31.2 Å². The number of ether oxygens (including phenoxy) is 1. The zero-order valence-electron chi connectivity index (χ0n) is 13.9. The highest BCUT2D eigenvalue weighted by Crippen LogP contribution is 2.21. The van der Waals surface area contributed by atoms with E-state index in [0.717, 1.165) is 6.26 Å². The van der Waals surface area contributed by atoms with Gasteiger partial charge in [0.05, 0.1) is 11.9 Å². The Balaban J connectivity index is 2.74. The molecular weight excluding hydrogens is 304 g/mol. The third-order valence-electron chi connectivity index (χ3n) is 2.88. The number of hydrogen-bond acceptors (Lipinski definition) is 4. The van der Waals surface area contributed by atoms with Gasteiger partial charge >= 0.3 is 0 Å². The molecule has 0 aliphatic rings. The summed E-state index contributed by atoms with van der Waals surface area (Å²) in [5, 5.41) is 2.84. The fraction of sp³-hybridized carbons (Fsp3) is 0.533. The van der Waals surface area contributed by atoms with Crippen LogP contribution >= 0.6 is 0 Å². The first kappa shape index (κ1) is 18.3. The molecule has 1 N–H and O–H groups in total. The fourth-order valence-electron chi connectivity index (χ4n) is 1.65. The van der Waals surface area contributed by atoms with Crippen molar-refractivity contribution in [2.24, 2.45) is 0 Å². The summed E-state index contributed by atoms with van der Waals surface area (Å²) in [5.41, 5.74) is 0.207. The molecule has 1 rings (SSSR count). The minimum absolute atomic E-state index is 0.204. The quantitative estimate of drug-likeness (QED) is 0.894. The van der Waals surface area contributed by atoms with Gasteiger partial charge in [0.25, 0.3) is 5.91 Å². The van der Waals surface area contributed by atoms with E-state index in [-0.39, 0.29) is 11.4 Å². The van der Waals surface area contributed by atoms with Gasteiger partial charge in [-0.2, -0.15) is 0 Å². The van der Waals surface area contributed by atoms with Gasteiger partial charge in [-0.15, -0.1) is 0 Å². The summed E-state index contributed by atoms with van der Waals surface area (Å²) in [7, 11) is -1.82. The largest absolute Gasteiger partial charge is 0.481 e. The SMILES string of the molecule is C[C@@H](Oc1ccc(N(C)S(C)(=O)=O)cc1)C(=O)NC(C)(C)C. The first-order chi connectivity index (χ1) is 9.90. The summed E-state index contributed by atoms with van der Waals surface area (Å²) in [6, 6.07) is 6.53. The second-order valence-electron chi connectivity index (χ2n) is 6.22. The highest BCUT2D eigenvalue weighted by atomic mass is 32.2. The van der Waals surface area contributed by atoms with Crippen molar-refractivity contribution in [2.75, 3.05) is 17.6 Å². The van der Waals surface area contributed by atoms with Gasteiger partial charge in [-0.3, -0.25) is 9.10 Å². The van der Waals surface area contributed by atoms with Crippen molar-refractivity contribution >= 4 is 21.6 Å². The summed E-state index contributed by atoms with van der Waals surface area (Å²) in [4.78, 5) is 11.9. The topological polar surface area (TPSA) is 75.7 Å². The fourth-order valence-corrected chi connectivity index (χ4v) is 2.16. The van der Waals surface area contributed by atoms with Crippen LogP contribution in [0.15, 0.2) is 24.3 Å². The molecule has 7 heteroatoms. The number of amides is 1. The van der Waals surface area contributed by atoms with Crippen LogP contribution in [0.2, 0.25) is 0 Å². The Morgan fingerprint density at radius 1 is 1.23 bits per heavy atom. The van der Waals surface area contributed by atoms with Gasteiger partial charge in [-0.05, 0) is 52.0 Å². The molecule has 0 saturated heterocycles. The van der Waals surface area contributed by atoms with Gasteiger partial charge in [-0.25, -0.2) is 8.42 Å². The lowest BCUT2D eigenvalue weighted by Gasteiger charge is -2.24. The molecule has 0 heterocycles. The van der Waals surface area contributed by atoms with Crippen LogP contribution < -0.4 is 14.4 Å².